The highest BCUT2D eigenvalue weighted by atomic mass is 35.5. The molecule has 0 bridgehead atoms. The second kappa shape index (κ2) is 10.1. The second-order valence-corrected chi connectivity index (χ2v) is 8.89. The highest BCUT2D eigenvalue weighted by molar-refractivity contribution is 8.01. The van der Waals surface area contributed by atoms with Crippen molar-refractivity contribution in [3.63, 3.8) is 0 Å². The van der Waals surface area contributed by atoms with E-state index in [0.717, 1.165) is 27.6 Å². The SMILES string of the molecule is COCCn1c(N)c(C(=O)CSc2nnc(Nc3cccc(Cl)c3C)s2)c(=O)[nH]c1=O. The third kappa shape index (κ3) is 5.34. The molecule has 0 aliphatic rings. The van der Waals surface area contributed by atoms with Gasteiger partial charge >= 0.3 is 5.69 Å². The number of nitrogens with one attached hydrogen (secondary N) is 2. The summed E-state index contributed by atoms with van der Waals surface area (Å²) in [5.74, 6) is -0.807. The summed E-state index contributed by atoms with van der Waals surface area (Å²) in [4.78, 5) is 38.8. The summed E-state index contributed by atoms with van der Waals surface area (Å²) in [5, 5.41) is 12.4. The van der Waals surface area contributed by atoms with E-state index < -0.39 is 17.0 Å². The first-order valence-corrected chi connectivity index (χ1v) is 11.1. The van der Waals surface area contributed by atoms with Crippen molar-refractivity contribution in [3.05, 3.63) is 55.2 Å². The number of nitrogen functional groups attached to an aromatic ring is 1. The van der Waals surface area contributed by atoms with Crippen molar-refractivity contribution in [1.82, 2.24) is 19.7 Å². The number of rotatable bonds is 9. The van der Waals surface area contributed by atoms with Gasteiger partial charge in [0.2, 0.25) is 5.13 Å². The van der Waals surface area contributed by atoms with Crippen molar-refractivity contribution in [2.45, 2.75) is 17.8 Å². The number of hydrogen-bond acceptors (Lipinski definition) is 10. The number of nitrogens with two attached hydrogens (primary N) is 1. The summed E-state index contributed by atoms with van der Waals surface area (Å²) in [7, 11) is 1.47. The van der Waals surface area contributed by atoms with E-state index in [1.54, 1.807) is 6.07 Å². The Morgan fingerprint density at radius 1 is 1.39 bits per heavy atom. The number of carbonyl (C=O) groups is 1. The van der Waals surface area contributed by atoms with Crippen LogP contribution >= 0.6 is 34.7 Å². The van der Waals surface area contributed by atoms with Gasteiger partial charge in [0.15, 0.2) is 10.1 Å². The van der Waals surface area contributed by atoms with Crippen LogP contribution in [-0.4, -0.2) is 45.0 Å². The van der Waals surface area contributed by atoms with Crippen LogP contribution in [0.4, 0.5) is 16.6 Å². The Balaban J connectivity index is 1.71. The van der Waals surface area contributed by atoms with Crippen LogP contribution in [0.5, 0.6) is 0 Å². The molecular formula is C18H19ClN6O4S2. The van der Waals surface area contributed by atoms with Gasteiger partial charge in [-0.15, -0.1) is 10.2 Å². The van der Waals surface area contributed by atoms with Gasteiger partial charge in [-0.25, -0.2) is 4.79 Å². The molecule has 10 nitrogen and oxygen atoms in total. The highest BCUT2D eigenvalue weighted by Gasteiger charge is 2.20. The maximum atomic E-state index is 12.6. The van der Waals surface area contributed by atoms with Gasteiger partial charge in [-0.1, -0.05) is 40.8 Å². The quantitative estimate of drug-likeness (QED) is 0.309. The average Bonchev–Trinajstić information content (AvgIpc) is 3.17. The number of anilines is 3. The number of H-pyrrole nitrogens is 1. The van der Waals surface area contributed by atoms with Crippen LogP contribution in [0.15, 0.2) is 32.1 Å². The third-order valence-corrected chi connectivity index (χ3v) is 6.66. The fourth-order valence-electron chi connectivity index (χ4n) is 2.64. The smallest absolute Gasteiger partial charge is 0.330 e. The van der Waals surface area contributed by atoms with Gasteiger partial charge in [0.05, 0.1) is 18.9 Å². The minimum atomic E-state index is -0.821. The Hall–Kier alpha value is -2.67. The molecule has 2 aromatic heterocycles. The molecule has 2 heterocycles. The number of aromatic amines is 1. The number of methoxy groups -OCH3 is 1. The van der Waals surface area contributed by atoms with Gasteiger partial charge in [-0.05, 0) is 24.6 Å². The maximum Gasteiger partial charge on any atom is 0.330 e. The first-order valence-electron chi connectivity index (χ1n) is 8.95. The number of hydrogen-bond donors (Lipinski definition) is 3. The molecule has 13 heteroatoms. The van der Waals surface area contributed by atoms with Gasteiger partial charge in [-0.3, -0.25) is 19.1 Å². The van der Waals surface area contributed by atoms with Crippen LogP contribution in [-0.2, 0) is 11.3 Å². The molecular weight excluding hydrogens is 464 g/mol. The van der Waals surface area contributed by atoms with Crippen molar-refractivity contribution < 1.29 is 9.53 Å². The Bertz CT molecular complexity index is 1220. The first kappa shape index (κ1) is 23.0. The summed E-state index contributed by atoms with van der Waals surface area (Å²) in [6.07, 6.45) is 0. The largest absolute Gasteiger partial charge is 0.384 e. The van der Waals surface area contributed by atoms with Crippen LogP contribution in [0.1, 0.15) is 15.9 Å². The molecule has 0 fully saturated rings. The first-order chi connectivity index (χ1) is 14.8. The van der Waals surface area contributed by atoms with Gasteiger partial charge in [0.25, 0.3) is 5.56 Å². The lowest BCUT2D eigenvalue weighted by molar-refractivity contribution is 0.102. The fraction of sp³-hybridized carbons (Fsp3) is 0.278. The number of benzene rings is 1. The number of thioether (sulfide) groups is 1. The Morgan fingerprint density at radius 2 is 2.16 bits per heavy atom. The molecule has 0 amide bonds. The zero-order valence-corrected chi connectivity index (χ0v) is 19.0. The molecule has 3 rings (SSSR count). The Kier molecular flexibility index (Phi) is 7.49. The molecule has 3 aromatic rings. The normalized spacial score (nSPS) is 10.9. The summed E-state index contributed by atoms with van der Waals surface area (Å²) in [6, 6.07) is 5.48. The van der Waals surface area contributed by atoms with E-state index in [1.807, 2.05) is 19.1 Å². The van der Waals surface area contributed by atoms with E-state index in [1.165, 1.54) is 18.4 Å². The zero-order valence-electron chi connectivity index (χ0n) is 16.6. The van der Waals surface area contributed by atoms with Crippen LogP contribution in [0.25, 0.3) is 0 Å². The van der Waals surface area contributed by atoms with Crippen molar-refractivity contribution in [1.29, 1.82) is 0 Å². The predicted octanol–water partition coefficient (Wildman–Crippen LogP) is 2.30. The van der Waals surface area contributed by atoms with Crippen molar-refractivity contribution >= 4 is 57.1 Å². The molecule has 0 spiro atoms. The maximum absolute atomic E-state index is 12.6. The number of ketones is 1. The molecule has 0 saturated heterocycles. The molecule has 4 N–H and O–H groups in total. The Morgan fingerprint density at radius 3 is 2.90 bits per heavy atom. The highest BCUT2D eigenvalue weighted by Crippen LogP contribution is 2.31. The number of carbonyl (C=O) groups excluding carboxylic acids is 1. The van der Waals surface area contributed by atoms with Crippen LogP contribution in [0.2, 0.25) is 5.02 Å². The van der Waals surface area contributed by atoms with Crippen LogP contribution < -0.4 is 22.3 Å². The molecule has 31 heavy (non-hydrogen) atoms. The van der Waals surface area contributed by atoms with Gasteiger partial charge < -0.3 is 15.8 Å². The van der Waals surface area contributed by atoms with E-state index in [-0.39, 0.29) is 30.3 Å². The molecule has 164 valence electrons. The summed E-state index contributed by atoms with van der Waals surface area (Å²) in [6.45, 7) is 2.19. The minimum Gasteiger partial charge on any atom is -0.384 e. The minimum absolute atomic E-state index is 0.0966. The predicted molar refractivity (Wildman–Crippen MR) is 122 cm³/mol. The molecule has 0 atom stereocenters. The van der Waals surface area contributed by atoms with E-state index in [4.69, 9.17) is 22.1 Å². The molecule has 1 aromatic carbocycles. The second-order valence-electron chi connectivity index (χ2n) is 6.29. The third-order valence-electron chi connectivity index (χ3n) is 4.28. The monoisotopic (exact) mass is 482 g/mol. The number of aromatic nitrogens is 4. The standard InChI is InChI=1S/C18H19ClN6O4S2/c1-9-10(19)4-3-5-11(9)21-16-23-24-18(31-16)30-8-12(26)13-14(20)25(6-7-29-2)17(28)22-15(13)27/h3-5H,6-8,20H2,1-2H3,(H,21,23)(H,22,27,28). The lowest BCUT2D eigenvalue weighted by atomic mass is 10.2. The van der Waals surface area contributed by atoms with E-state index >= 15 is 0 Å². The number of nitrogens with zero attached hydrogens (tertiary/aromatic N) is 3. The van der Waals surface area contributed by atoms with Crippen molar-refractivity contribution in [2.24, 2.45) is 0 Å². The molecule has 0 radical (unpaired) electrons. The molecule has 0 saturated carbocycles. The average molecular weight is 483 g/mol. The summed E-state index contributed by atoms with van der Waals surface area (Å²) in [5.41, 5.74) is 5.82. The van der Waals surface area contributed by atoms with Gasteiger partial charge in [-0.2, -0.15) is 0 Å². The zero-order chi connectivity index (χ0) is 22.5. The van der Waals surface area contributed by atoms with E-state index in [2.05, 4.69) is 20.5 Å². The van der Waals surface area contributed by atoms with Crippen molar-refractivity contribution in [2.75, 3.05) is 30.5 Å². The van der Waals surface area contributed by atoms with Crippen LogP contribution in [0.3, 0.4) is 0 Å². The lowest BCUT2D eigenvalue weighted by Gasteiger charge is -2.11. The Labute approximate surface area is 189 Å². The number of ether oxygens (including phenoxy) is 1. The van der Waals surface area contributed by atoms with E-state index in [0.29, 0.717) is 14.5 Å². The van der Waals surface area contributed by atoms with E-state index in [9.17, 15) is 14.4 Å². The molecule has 0 aliphatic heterocycles. The van der Waals surface area contributed by atoms with Crippen molar-refractivity contribution in [3.8, 4) is 0 Å². The van der Waals surface area contributed by atoms with Gasteiger partial charge in [0.1, 0.15) is 11.4 Å². The van der Waals surface area contributed by atoms with Gasteiger partial charge in [0, 0.05) is 17.8 Å². The van der Waals surface area contributed by atoms with Crippen LogP contribution in [0, 0.1) is 6.92 Å². The molecule has 0 aliphatic carbocycles. The summed E-state index contributed by atoms with van der Waals surface area (Å²) < 4.78 is 6.55. The lowest BCUT2D eigenvalue weighted by Crippen LogP contribution is -2.37. The summed E-state index contributed by atoms with van der Waals surface area (Å²) >= 11 is 8.49. The molecule has 0 unspecified atom stereocenters. The fourth-order valence-corrected chi connectivity index (χ4v) is 4.45. The number of halogens is 1. The number of Topliss-reactive ketones (excluding diaryl/α,β-unsaturated/α-hetero) is 1. The topological polar surface area (TPSA) is 145 Å².